The van der Waals surface area contributed by atoms with E-state index in [2.05, 4.69) is 10.3 Å². The van der Waals surface area contributed by atoms with Crippen molar-refractivity contribution in [3.63, 3.8) is 0 Å². The molecular weight excluding hydrogens is 302 g/mol. The summed E-state index contributed by atoms with van der Waals surface area (Å²) in [6.45, 7) is 4.97. The van der Waals surface area contributed by atoms with Crippen LogP contribution in [0.25, 0.3) is 16.9 Å². The monoisotopic (exact) mass is 323 g/mol. The fraction of sp³-hybridized carbons (Fsp3) is 0.263. The summed E-state index contributed by atoms with van der Waals surface area (Å²) in [5.41, 5.74) is 5.17. The van der Waals surface area contributed by atoms with Crippen molar-refractivity contribution in [1.82, 2.24) is 14.7 Å². The fourth-order valence-corrected chi connectivity index (χ4v) is 2.63. The molecule has 3 aromatic rings. The van der Waals surface area contributed by atoms with Gasteiger partial charge in [0, 0.05) is 25.4 Å². The third-order valence-corrected chi connectivity index (χ3v) is 3.90. The molecule has 0 spiro atoms. The van der Waals surface area contributed by atoms with Crippen LogP contribution in [0, 0.1) is 13.8 Å². The maximum absolute atomic E-state index is 12.7. The number of hydrogen-bond donors (Lipinski definition) is 1. The molecule has 1 N–H and O–H groups in total. The van der Waals surface area contributed by atoms with Crippen LogP contribution in [0.1, 0.15) is 21.6 Å². The van der Waals surface area contributed by atoms with E-state index in [0.29, 0.717) is 24.5 Å². The number of methoxy groups -OCH3 is 1. The predicted octanol–water partition coefficient (Wildman–Crippen LogP) is 2.99. The van der Waals surface area contributed by atoms with Crippen LogP contribution < -0.4 is 5.32 Å². The molecule has 0 fully saturated rings. The highest BCUT2D eigenvalue weighted by Gasteiger charge is 2.20. The second kappa shape index (κ2) is 6.84. The van der Waals surface area contributed by atoms with Gasteiger partial charge in [-0.3, -0.25) is 9.20 Å². The molecule has 0 atom stereocenters. The van der Waals surface area contributed by atoms with Gasteiger partial charge in [0.1, 0.15) is 17.0 Å². The molecule has 2 aromatic heterocycles. The van der Waals surface area contributed by atoms with Gasteiger partial charge >= 0.3 is 0 Å². The van der Waals surface area contributed by atoms with E-state index in [0.717, 1.165) is 16.8 Å². The summed E-state index contributed by atoms with van der Waals surface area (Å²) < 4.78 is 6.86. The number of amides is 1. The van der Waals surface area contributed by atoms with Crippen molar-refractivity contribution in [2.24, 2.45) is 0 Å². The molecule has 0 saturated heterocycles. The van der Waals surface area contributed by atoms with Crippen LogP contribution in [0.5, 0.6) is 0 Å². The first-order valence-corrected chi connectivity index (χ1v) is 7.93. The lowest BCUT2D eigenvalue weighted by Crippen LogP contribution is -2.28. The minimum Gasteiger partial charge on any atom is -0.383 e. The van der Waals surface area contributed by atoms with Crippen molar-refractivity contribution in [2.75, 3.05) is 20.3 Å². The van der Waals surface area contributed by atoms with E-state index < -0.39 is 0 Å². The maximum Gasteiger partial charge on any atom is 0.270 e. The number of fused-ring (bicyclic) bond motifs is 1. The number of nitrogens with zero attached hydrogens (tertiary/aromatic N) is 2. The van der Waals surface area contributed by atoms with E-state index in [4.69, 9.17) is 4.74 Å². The van der Waals surface area contributed by atoms with Gasteiger partial charge < -0.3 is 10.1 Å². The zero-order valence-corrected chi connectivity index (χ0v) is 14.2. The van der Waals surface area contributed by atoms with Crippen molar-refractivity contribution in [3.05, 3.63) is 59.4 Å². The van der Waals surface area contributed by atoms with E-state index in [-0.39, 0.29) is 5.91 Å². The van der Waals surface area contributed by atoms with Gasteiger partial charge in [-0.1, -0.05) is 35.9 Å². The normalized spacial score (nSPS) is 11.0. The number of rotatable bonds is 5. The van der Waals surface area contributed by atoms with E-state index in [1.165, 1.54) is 5.56 Å². The summed E-state index contributed by atoms with van der Waals surface area (Å²) in [7, 11) is 1.61. The summed E-state index contributed by atoms with van der Waals surface area (Å²) in [4.78, 5) is 17.4. The molecule has 0 radical (unpaired) electrons. The first kappa shape index (κ1) is 16.2. The molecule has 5 heteroatoms. The Bertz CT molecular complexity index is 866. The Morgan fingerprint density at radius 2 is 1.83 bits per heavy atom. The summed E-state index contributed by atoms with van der Waals surface area (Å²) in [6.07, 6.45) is 1.94. The molecule has 0 aliphatic heterocycles. The zero-order valence-electron chi connectivity index (χ0n) is 14.2. The molecular formula is C19H21N3O2. The number of ether oxygens (including phenoxy) is 1. The third-order valence-electron chi connectivity index (χ3n) is 3.90. The Hall–Kier alpha value is -2.66. The Kier molecular flexibility index (Phi) is 4.62. The zero-order chi connectivity index (χ0) is 17.1. The SMILES string of the molecule is COCCNC(=O)c1c(-c2ccc(C)cc2)nc2ccc(C)cn12. The number of pyridine rings is 1. The summed E-state index contributed by atoms with van der Waals surface area (Å²) in [5.74, 6) is -0.152. The number of carbonyl (C=O) groups is 1. The van der Waals surface area contributed by atoms with Gasteiger partial charge in [0.25, 0.3) is 5.91 Å². The molecule has 1 aromatic carbocycles. The molecule has 0 aliphatic carbocycles. The standard InChI is InChI=1S/C19H21N3O2/c1-13-4-7-15(8-5-13)17-18(19(23)20-10-11-24-3)22-12-14(2)6-9-16(22)21-17/h4-9,12H,10-11H2,1-3H3,(H,20,23). The second-order valence-electron chi connectivity index (χ2n) is 5.86. The van der Waals surface area contributed by atoms with Crippen molar-refractivity contribution in [1.29, 1.82) is 0 Å². The van der Waals surface area contributed by atoms with Crippen LogP contribution in [0.2, 0.25) is 0 Å². The van der Waals surface area contributed by atoms with Gasteiger partial charge in [0.15, 0.2) is 0 Å². The average molecular weight is 323 g/mol. The number of benzene rings is 1. The lowest BCUT2D eigenvalue weighted by Gasteiger charge is -2.07. The first-order chi connectivity index (χ1) is 11.6. The molecule has 2 heterocycles. The van der Waals surface area contributed by atoms with Gasteiger partial charge in [-0.25, -0.2) is 4.98 Å². The van der Waals surface area contributed by atoms with Crippen LogP contribution in [0.3, 0.4) is 0 Å². The van der Waals surface area contributed by atoms with Gasteiger partial charge in [0.2, 0.25) is 0 Å². The largest absolute Gasteiger partial charge is 0.383 e. The topological polar surface area (TPSA) is 55.6 Å². The number of aryl methyl sites for hydroxylation is 2. The second-order valence-corrected chi connectivity index (χ2v) is 5.86. The molecule has 0 aliphatic rings. The van der Waals surface area contributed by atoms with Crippen LogP contribution in [-0.4, -0.2) is 35.6 Å². The summed E-state index contributed by atoms with van der Waals surface area (Å²) in [5, 5.41) is 2.89. The summed E-state index contributed by atoms with van der Waals surface area (Å²) >= 11 is 0. The van der Waals surface area contributed by atoms with Crippen LogP contribution in [-0.2, 0) is 4.74 Å². The Morgan fingerprint density at radius 3 is 2.54 bits per heavy atom. The molecule has 0 unspecified atom stereocenters. The minimum absolute atomic E-state index is 0.152. The highest BCUT2D eigenvalue weighted by molar-refractivity contribution is 5.99. The molecule has 24 heavy (non-hydrogen) atoms. The quantitative estimate of drug-likeness (QED) is 0.734. The smallest absolute Gasteiger partial charge is 0.270 e. The molecule has 124 valence electrons. The minimum atomic E-state index is -0.152. The summed E-state index contributed by atoms with van der Waals surface area (Å²) in [6, 6.07) is 12.0. The molecule has 3 rings (SSSR count). The lowest BCUT2D eigenvalue weighted by molar-refractivity contribution is 0.0932. The Balaban J connectivity index is 2.11. The van der Waals surface area contributed by atoms with Crippen LogP contribution >= 0.6 is 0 Å². The van der Waals surface area contributed by atoms with E-state index in [1.54, 1.807) is 7.11 Å². The van der Waals surface area contributed by atoms with Crippen LogP contribution in [0.15, 0.2) is 42.6 Å². The highest BCUT2D eigenvalue weighted by atomic mass is 16.5. The number of imidazole rings is 1. The molecule has 0 bridgehead atoms. The Labute approximate surface area is 141 Å². The van der Waals surface area contributed by atoms with Gasteiger partial charge in [-0.15, -0.1) is 0 Å². The number of nitrogens with one attached hydrogen (secondary N) is 1. The van der Waals surface area contributed by atoms with Crippen molar-refractivity contribution in [3.8, 4) is 11.3 Å². The number of carbonyl (C=O) groups excluding carboxylic acids is 1. The van der Waals surface area contributed by atoms with Gasteiger partial charge in [-0.05, 0) is 25.5 Å². The highest BCUT2D eigenvalue weighted by Crippen LogP contribution is 2.25. The third kappa shape index (κ3) is 3.16. The lowest BCUT2D eigenvalue weighted by atomic mass is 10.1. The van der Waals surface area contributed by atoms with Gasteiger partial charge in [0.05, 0.1) is 6.61 Å². The maximum atomic E-state index is 12.7. The predicted molar refractivity (Wildman–Crippen MR) is 94.3 cm³/mol. The van der Waals surface area contributed by atoms with E-state index in [1.807, 2.05) is 60.8 Å². The van der Waals surface area contributed by atoms with E-state index >= 15 is 0 Å². The molecule has 0 saturated carbocycles. The molecule has 1 amide bonds. The van der Waals surface area contributed by atoms with Crippen LogP contribution in [0.4, 0.5) is 0 Å². The number of aromatic nitrogens is 2. The average Bonchev–Trinajstić information content (AvgIpc) is 2.94. The van der Waals surface area contributed by atoms with Crippen molar-refractivity contribution >= 4 is 11.6 Å². The fourth-order valence-electron chi connectivity index (χ4n) is 2.63. The van der Waals surface area contributed by atoms with Gasteiger partial charge in [-0.2, -0.15) is 0 Å². The molecule has 5 nitrogen and oxygen atoms in total. The number of hydrogen-bond acceptors (Lipinski definition) is 3. The van der Waals surface area contributed by atoms with Crippen molar-refractivity contribution < 1.29 is 9.53 Å². The first-order valence-electron chi connectivity index (χ1n) is 7.93. The van der Waals surface area contributed by atoms with E-state index in [9.17, 15) is 4.79 Å². The Morgan fingerprint density at radius 1 is 1.12 bits per heavy atom. The van der Waals surface area contributed by atoms with Crippen molar-refractivity contribution in [2.45, 2.75) is 13.8 Å².